The summed E-state index contributed by atoms with van der Waals surface area (Å²) >= 11 is 5.90. The predicted octanol–water partition coefficient (Wildman–Crippen LogP) is 1.56. The Balaban J connectivity index is 1.64. The molecule has 0 saturated carbocycles. The van der Waals surface area contributed by atoms with E-state index in [9.17, 15) is 9.59 Å². The zero-order valence-corrected chi connectivity index (χ0v) is 15.0. The Labute approximate surface area is 151 Å². The second-order valence-corrected chi connectivity index (χ2v) is 6.68. The number of carbonyl (C=O) groups is 2. The molecule has 2 atom stereocenters. The highest BCUT2D eigenvalue weighted by molar-refractivity contribution is 6.30. The van der Waals surface area contributed by atoms with Crippen LogP contribution in [0.15, 0.2) is 40.8 Å². The van der Waals surface area contributed by atoms with Gasteiger partial charge in [-0.1, -0.05) is 11.6 Å². The number of carbonyl (C=O) groups excluding carboxylic acids is 2. The maximum absolute atomic E-state index is 12.4. The van der Waals surface area contributed by atoms with Crippen molar-refractivity contribution in [3.63, 3.8) is 0 Å². The number of rotatable bonds is 5. The van der Waals surface area contributed by atoms with Crippen LogP contribution in [0.3, 0.4) is 0 Å². The molecule has 6 nitrogen and oxygen atoms in total. The highest BCUT2D eigenvalue weighted by atomic mass is 35.5. The average Bonchev–Trinajstić information content (AvgIpc) is 3.23. The molecule has 2 heterocycles. The number of urea groups is 1. The lowest BCUT2D eigenvalue weighted by Crippen LogP contribution is -3.12. The first-order valence-corrected chi connectivity index (χ1v) is 8.59. The number of nitrogens with one attached hydrogen (secondary N) is 2. The van der Waals surface area contributed by atoms with Gasteiger partial charge < -0.3 is 14.6 Å². The van der Waals surface area contributed by atoms with E-state index < -0.39 is 0 Å². The van der Waals surface area contributed by atoms with Gasteiger partial charge >= 0.3 is 6.03 Å². The Morgan fingerprint density at radius 3 is 2.68 bits per heavy atom. The molecule has 1 aliphatic heterocycles. The third kappa shape index (κ3) is 3.86. The molecular weight excluding hydrogens is 342 g/mol. The van der Waals surface area contributed by atoms with Crippen molar-refractivity contribution in [1.29, 1.82) is 0 Å². The van der Waals surface area contributed by atoms with E-state index in [-0.39, 0.29) is 18.0 Å². The van der Waals surface area contributed by atoms with Crippen molar-refractivity contribution in [2.75, 3.05) is 20.1 Å². The highest BCUT2D eigenvalue weighted by Gasteiger charge is 2.34. The highest BCUT2D eigenvalue weighted by Crippen LogP contribution is 2.23. The number of quaternary nitrogens is 1. The van der Waals surface area contributed by atoms with Gasteiger partial charge in [-0.2, -0.15) is 0 Å². The summed E-state index contributed by atoms with van der Waals surface area (Å²) in [5.41, 5.74) is 0.950. The molecule has 25 heavy (non-hydrogen) atoms. The molecular formula is C18H21ClN3O3+. The molecule has 0 bridgehead atoms. The van der Waals surface area contributed by atoms with Gasteiger partial charge in [-0.05, 0) is 43.3 Å². The van der Waals surface area contributed by atoms with Gasteiger partial charge in [0.25, 0.3) is 5.91 Å². The fourth-order valence-electron chi connectivity index (χ4n) is 2.80. The quantitative estimate of drug-likeness (QED) is 0.848. The normalized spacial score (nSPS) is 16.6. The fraction of sp³-hybridized carbons (Fsp3) is 0.333. The smallest absolute Gasteiger partial charge is 0.324 e. The van der Waals surface area contributed by atoms with Crippen LogP contribution in [0.5, 0.6) is 0 Å². The topological polar surface area (TPSA) is 67.0 Å². The van der Waals surface area contributed by atoms with Crippen LogP contribution in [0.1, 0.15) is 12.7 Å². The Kier molecular flexibility index (Phi) is 5.11. The summed E-state index contributed by atoms with van der Waals surface area (Å²) in [6.45, 7) is 3.32. The molecule has 1 aromatic carbocycles. The van der Waals surface area contributed by atoms with Crippen LogP contribution >= 0.6 is 11.6 Å². The molecule has 3 amide bonds. The van der Waals surface area contributed by atoms with Gasteiger partial charge in [-0.25, -0.2) is 4.79 Å². The van der Waals surface area contributed by atoms with E-state index >= 15 is 0 Å². The molecule has 1 fully saturated rings. The first-order chi connectivity index (χ1) is 12.0. The summed E-state index contributed by atoms with van der Waals surface area (Å²) in [5.74, 6) is 1.38. The Morgan fingerprint density at radius 1 is 1.32 bits per heavy atom. The van der Waals surface area contributed by atoms with Crippen molar-refractivity contribution >= 4 is 23.5 Å². The molecule has 1 aliphatic rings. The largest absolute Gasteiger partial charge is 0.455 e. The van der Waals surface area contributed by atoms with Crippen molar-refractivity contribution < 1.29 is 18.9 Å². The monoisotopic (exact) mass is 362 g/mol. The standard InChI is InChI=1S/C18H20ClN3O3/c1-12(17(23)22-10-9-20-18(22)24)21(2)11-15-7-8-16(25-15)13-3-5-14(19)6-4-13/h3-8,12H,9-11H2,1-2H3,(H,20,24)/p+1/t12-/m0/s1. The van der Waals surface area contributed by atoms with Crippen LogP contribution in [0.2, 0.25) is 5.02 Å². The fourth-order valence-corrected chi connectivity index (χ4v) is 2.92. The summed E-state index contributed by atoms with van der Waals surface area (Å²) in [6.07, 6.45) is 0. The van der Waals surface area contributed by atoms with Crippen molar-refractivity contribution in [2.24, 2.45) is 0 Å². The second kappa shape index (κ2) is 7.29. The zero-order valence-electron chi connectivity index (χ0n) is 14.2. The van der Waals surface area contributed by atoms with Gasteiger partial charge in [0, 0.05) is 23.7 Å². The third-order valence-electron chi connectivity index (χ3n) is 4.48. The molecule has 0 spiro atoms. The third-order valence-corrected chi connectivity index (χ3v) is 4.73. The van der Waals surface area contributed by atoms with Crippen LogP contribution in [0, 0.1) is 0 Å². The minimum absolute atomic E-state index is 0.169. The number of hydrogen-bond acceptors (Lipinski definition) is 3. The summed E-state index contributed by atoms with van der Waals surface area (Å²) < 4.78 is 5.89. The van der Waals surface area contributed by atoms with Gasteiger partial charge in [0.05, 0.1) is 7.05 Å². The van der Waals surface area contributed by atoms with E-state index in [2.05, 4.69) is 5.32 Å². The molecule has 1 aromatic heterocycles. The number of amides is 3. The second-order valence-electron chi connectivity index (χ2n) is 6.24. The maximum Gasteiger partial charge on any atom is 0.324 e. The summed E-state index contributed by atoms with van der Waals surface area (Å²) in [7, 11) is 1.92. The summed E-state index contributed by atoms with van der Waals surface area (Å²) in [4.78, 5) is 26.3. The van der Waals surface area contributed by atoms with Crippen molar-refractivity contribution in [3.8, 4) is 11.3 Å². The number of halogens is 1. The molecule has 1 unspecified atom stereocenters. The number of furan rings is 1. The van der Waals surface area contributed by atoms with Gasteiger partial charge in [-0.15, -0.1) is 0 Å². The minimum Gasteiger partial charge on any atom is -0.455 e. The van der Waals surface area contributed by atoms with Gasteiger partial charge in [0.15, 0.2) is 11.8 Å². The molecule has 3 rings (SSSR count). The predicted molar refractivity (Wildman–Crippen MR) is 94.3 cm³/mol. The Bertz CT molecular complexity index is 772. The molecule has 2 aromatic rings. The molecule has 7 heteroatoms. The lowest BCUT2D eigenvalue weighted by atomic mass is 10.2. The lowest BCUT2D eigenvalue weighted by molar-refractivity contribution is -0.909. The molecule has 1 saturated heterocycles. The number of benzene rings is 1. The molecule has 132 valence electrons. The van der Waals surface area contributed by atoms with Crippen LogP contribution in [0.25, 0.3) is 11.3 Å². The van der Waals surface area contributed by atoms with Gasteiger partial charge in [0.1, 0.15) is 12.3 Å². The molecule has 0 aliphatic carbocycles. The van der Waals surface area contributed by atoms with Crippen LogP contribution in [-0.2, 0) is 11.3 Å². The van der Waals surface area contributed by atoms with Crippen LogP contribution in [0.4, 0.5) is 4.79 Å². The van der Waals surface area contributed by atoms with E-state index in [1.165, 1.54) is 4.90 Å². The van der Waals surface area contributed by atoms with Crippen LogP contribution < -0.4 is 10.2 Å². The Hall–Kier alpha value is -2.31. The average molecular weight is 363 g/mol. The SMILES string of the molecule is C[C@@H](C(=O)N1CCNC1=O)[NH+](C)Cc1ccc(-c2ccc(Cl)cc2)o1. The zero-order chi connectivity index (χ0) is 18.0. The van der Waals surface area contributed by atoms with Gasteiger partial charge in [-0.3, -0.25) is 9.69 Å². The molecule has 2 N–H and O–H groups in total. The minimum atomic E-state index is -0.340. The number of nitrogens with zero attached hydrogens (tertiary/aromatic N) is 1. The van der Waals surface area contributed by atoms with Crippen molar-refractivity contribution in [1.82, 2.24) is 10.2 Å². The summed E-state index contributed by atoms with van der Waals surface area (Å²) in [5, 5.41) is 3.33. The van der Waals surface area contributed by atoms with E-state index in [0.717, 1.165) is 22.0 Å². The lowest BCUT2D eigenvalue weighted by Gasteiger charge is -2.23. The Morgan fingerprint density at radius 2 is 2.04 bits per heavy atom. The van der Waals surface area contributed by atoms with Gasteiger partial charge in [0.2, 0.25) is 0 Å². The first kappa shape index (κ1) is 17.5. The maximum atomic E-state index is 12.4. The molecule has 0 radical (unpaired) electrons. The van der Waals surface area contributed by atoms with Crippen molar-refractivity contribution in [2.45, 2.75) is 19.5 Å². The van der Waals surface area contributed by atoms with E-state index in [1.54, 1.807) is 0 Å². The summed E-state index contributed by atoms with van der Waals surface area (Å²) in [6, 6.07) is 10.6. The number of hydrogen-bond donors (Lipinski definition) is 2. The van der Waals surface area contributed by atoms with Crippen LogP contribution in [-0.4, -0.2) is 43.0 Å². The van der Waals surface area contributed by atoms with Crippen molar-refractivity contribution in [3.05, 3.63) is 47.2 Å². The van der Waals surface area contributed by atoms with E-state index in [1.807, 2.05) is 50.4 Å². The first-order valence-electron chi connectivity index (χ1n) is 8.22. The van der Waals surface area contributed by atoms with E-state index in [0.29, 0.717) is 24.7 Å². The number of likely N-dealkylation sites (N-methyl/N-ethyl adjacent to an activating group) is 1. The number of imide groups is 1. The van der Waals surface area contributed by atoms with E-state index in [4.69, 9.17) is 16.0 Å².